The molecule has 0 radical (unpaired) electrons. The zero-order valence-electron chi connectivity index (χ0n) is 13.0. The van der Waals surface area contributed by atoms with E-state index >= 15 is 0 Å². The molecule has 1 heterocycles. The molecule has 0 saturated heterocycles. The number of hydrogen-bond donors (Lipinski definition) is 0. The van der Waals surface area contributed by atoms with Gasteiger partial charge in [0.15, 0.2) is 0 Å². The summed E-state index contributed by atoms with van der Waals surface area (Å²) in [7, 11) is 0. The lowest BCUT2D eigenvalue weighted by Gasteiger charge is -2.27. The lowest BCUT2D eigenvalue weighted by atomic mass is 9.94. The molecule has 2 rings (SSSR count). The van der Waals surface area contributed by atoms with Crippen LogP contribution in [0.1, 0.15) is 81.8 Å². The highest BCUT2D eigenvalue weighted by Gasteiger charge is 2.21. The molecule has 1 saturated carbocycles. The third-order valence-corrected chi connectivity index (χ3v) is 4.54. The Morgan fingerprint density at radius 1 is 1.26 bits per heavy atom. The van der Waals surface area contributed by atoms with Crippen LogP contribution in [0.25, 0.3) is 5.57 Å². The lowest BCUT2D eigenvalue weighted by molar-refractivity contribution is 0.343. The third-order valence-electron chi connectivity index (χ3n) is 4.54. The van der Waals surface area contributed by atoms with Crippen molar-refractivity contribution in [1.82, 2.24) is 4.57 Å². The van der Waals surface area contributed by atoms with E-state index in [2.05, 4.69) is 38.0 Å². The monoisotopic (exact) mass is 259 g/mol. The van der Waals surface area contributed by atoms with E-state index in [0.29, 0.717) is 0 Å². The summed E-state index contributed by atoms with van der Waals surface area (Å²) in [5, 5.41) is 0. The average molecular weight is 259 g/mol. The van der Waals surface area contributed by atoms with Crippen molar-refractivity contribution in [3.8, 4) is 0 Å². The van der Waals surface area contributed by atoms with Crippen LogP contribution in [-0.4, -0.2) is 4.57 Å². The van der Waals surface area contributed by atoms with Crippen LogP contribution in [0.15, 0.2) is 12.6 Å². The van der Waals surface area contributed by atoms with Crippen LogP contribution in [0.5, 0.6) is 0 Å². The minimum absolute atomic E-state index is 0.742. The fourth-order valence-corrected chi connectivity index (χ4v) is 3.66. The van der Waals surface area contributed by atoms with Gasteiger partial charge in [-0.05, 0) is 49.8 Å². The van der Waals surface area contributed by atoms with Gasteiger partial charge >= 0.3 is 0 Å². The van der Waals surface area contributed by atoms with Crippen LogP contribution < -0.4 is 0 Å². The second-order valence-electron chi connectivity index (χ2n) is 6.02. The van der Waals surface area contributed by atoms with Crippen LogP contribution in [0.3, 0.4) is 0 Å². The number of aromatic nitrogens is 1. The number of allylic oxidation sites excluding steroid dienone is 1. The summed E-state index contributed by atoms with van der Waals surface area (Å²) in [6, 6.07) is 3.12. The van der Waals surface area contributed by atoms with Gasteiger partial charge in [0.25, 0.3) is 0 Å². The smallest absolute Gasteiger partial charge is 0.0336 e. The first-order valence-corrected chi connectivity index (χ1v) is 8.07. The van der Waals surface area contributed by atoms with Crippen molar-refractivity contribution in [1.29, 1.82) is 0 Å². The van der Waals surface area contributed by atoms with Gasteiger partial charge in [-0.15, -0.1) is 0 Å². The first-order valence-electron chi connectivity index (χ1n) is 8.07. The fraction of sp³-hybridized carbons (Fsp3) is 0.667. The van der Waals surface area contributed by atoms with Crippen LogP contribution in [0.4, 0.5) is 0 Å². The van der Waals surface area contributed by atoms with Gasteiger partial charge in [-0.3, -0.25) is 0 Å². The molecule has 106 valence electrons. The molecule has 0 aromatic carbocycles. The van der Waals surface area contributed by atoms with Crippen LogP contribution >= 0.6 is 0 Å². The van der Waals surface area contributed by atoms with Gasteiger partial charge in [0.2, 0.25) is 0 Å². The highest BCUT2D eigenvalue weighted by atomic mass is 15.0. The Hall–Kier alpha value is -0.980. The van der Waals surface area contributed by atoms with Gasteiger partial charge in [0, 0.05) is 17.4 Å². The molecule has 0 atom stereocenters. The standard InChI is InChI=1S/C18H29N/c1-5-10-14(3)17-13-15(4)19(18(17)6-2)16-11-8-7-9-12-16/h13,16H,3,5-12H2,1-2,4H3. The van der Waals surface area contributed by atoms with Gasteiger partial charge < -0.3 is 4.57 Å². The lowest BCUT2D eigenvalue weighted by Crippen LogP contribution is -2.16. The Morgan fingerprint density at radius 3 is 2.53 bits per heavy atom. The molecule has 1 nitrogen and oxygen atoms in total. The van der Waals surface area contributed by atoms with Gasteiger partial charge in [0.05, 0.1) is 0 Å². The molecular weight excluding hydrogens is 230 g/mol. The molecule has 0 bridgehead atoms. The normalized spacial score (nSPS) is 16.8. The highest BCUT2D eigenvalue weighted by molar-refractivity contribution is 5.66. The van der Waals surface area contributed by atoms with Crippen LogP contribution in [-0.2, 0) is 6.42 Å². The predicted molar refractivity (Wildman–Crippen MR) is 84.6 cm³/mol. The summed E-state index contributed by atoms with van der Waals surface area (Å²) >= 11 is 0. The average Bonchev–Trinajstić information content (AvgIpc) is 2.77. The first-order chi connectivity index (χ1) is 9.19. The zero-order chi connectivity index (χ0) is 13.8. The first kappa shape index (κ1) is 14.4. The van der Waals surface area contributed by atoms with Crippen molar-refractivity contribution in [3.05, 3.63) is 29.6 Å². The van der Waals surface area contributed by atoms with Crippen molar-refractivity contribution >= 4 is 5.57 Å². The van der Waals surface area contributed by atoms with Crippen molar-refractivity contribution in [2.75, 3.05) is 0 Å². The molecule has 1 aliphatic rings. The number of rotatable bonds is 5. The van der Waals surface area contributed by atoms with Crippen LogP contribution in [0.2, 0.25) is 0 Å². The van der Waals surface area contributed by atoms with Gasteiger partial charge in [-0.25, -0.2) is 0 Å². The van der Waals surface area contributed by atoms with E-state index in [0.717, 1.165) is 18.9 Å². The van der Waals surface area contributed by atoms with E-state index in [-0.39, 0.29) is 0 Å². The van der Waals surface area contributed by atoms with Crippen molar-refractivity contribution < 1.29 is 0 Å². The maximum Gasteiger partial charge on any atom is 0.0336 e. The minimum Gasteiger partial charge on any atom is -0.345 e. The molecule has 0 unspecified atom stereocenters. The molecule has 1 aromatic rings. The van der Waals surface area contributed by atoms with Crippen molar-refractivity contribution in [3.63, 3.8) is 0 Å². The van der Waals surface area contributed by atoms with E-state index in [1.54, 1.807) is 0 Å². The van der Waals surface area contributed by atoms with Crippen LogP contribution in [0, 0.1) is 6.92 Å². The van der Waals surface area contributed by atoms with Gasteiger partial charge in [-0.1, -0.05) is 46.1 Å². The molecule has 1 heteroatoms. The summed E-state index contributed by atoms with van der Waals surface area (Å²) in [6.07, 6.45) is 10.4. The second-order valence-corrected chi connectivity index (χ2v) is 6.02. The van der Waals surface area contributed by atoms with E-state index in [4.69, 9.17) is 0 Å². The number of nitrogens with zero attached hydrogens (tertiary/aromatic N) is 1. The SMILES string of the molecule is C=C(CCC)c1cc(C)n(C2CCCCC2)c1CC. The maximum atomic E-state index is 4.31. The van der Waals surface area contributed by atoms with Gasteiger partial charge in [0.1, 0.15) is 0 Å². The molecule has 1 fully saturated rings. The van der Waals surface area contributed by atoms with Crippen molar-refractivity contribution in [2.45, 2.75) is 78.2 Å². The Balaban J connectivity index is 2.34. The van der Waals surface area contributed by atoms with Crippen molar-refractivity contribution in [2.24, 2.45) is 0 Å². The second kappa shape index (κ2) is 6.45. The molecule has 19 heavy (non-hydrogen) atoms. The molecule has 0 spiro atoms. The summed E-state index contributed by atoms with van der Waals surface area (Å²) in [5.41, 5.74) is 5.74. The van der Waals surface area contributed by atoms with Gasteiger partial charge in [-0.2, -0.15) is 0 Å². The molecule has 1 aromatic heterocycles. The van der Waals surface area contributed by atoms with E-state index in [1.165, 1.54) is 61.0 Å². The number of aryl methyl sites for hydroxylation is 1. The molecule has 0 N–H and O–H groups in total. The summed E-state index contributed by atoms with van der Waals surface area (Å²) in [4.78, 5) is 0. The fourth-order valence-electron chi connectivity index (χ4n) is 3.66. The molecule has 0 aliphatic heterocycles. The summed E-state index contributed by atoms with van der Waals surface area (Å²) < 4.78 is 2.63. The molecular formula is C18H29N. The molecule has 1 aliphatic carbocycles. The molecule has 0 amide bonds. The highest BCUT2D eigenvalue weighted by Crippen LogP contribution is 2.35. The topological polar surface area (TPSA) is 4.93 Å². The largest absolute Gasteiger partial charge is 0.345 e. The quantitative estimate of drug-likeness (QED) is 0.641. The Bertz CT molecular complexity index is 433. The number of hydrogen-bond acceptors (Lipinski definition) is 0. The summed E-state index contributed by atoms with van der Waals surface area (Å²) in [5.74, 6) is 0. The Kier molecular flexibility index (Phi) is 4.90. The minimum atomic E-state index is 0.742. The zero-order valence-corrected chi connectivity index (χ0v) is 13.0. The predicted octanol–water partition coefficient (Wildman–Crippen LogP) is 5.68. The van der Waals surface area contributed by atoms with E-state index < -0.39 is 0 Å². The Morgan fingerprint density at radius 2 is 1.95 bits per heavy atom. The van der Waals surface area contributed by atoms with E-state index in [9.17, 15) is 0 Å². The summed E-state index contributed by atoms with van der Waals surface area (Å²) in [6.45, 7) is 11.1. The third kappa shape index (κ3) is 2.96. The Labute approximate surface area is 118 Å². The van der Waals surface area contributed by atoms with E-state index in [1.807, 2.05) is 0 Å². The maximum absolute atomic E-state index is 4.31.